The molecule has 0 spiro atoms. The molecule has 5 heteroatoms. The van der Waals surface area contributed by atoms with Gasteiger partial charge in [-0.3, -0.25) is 0 Å². The molecule has 0 aromatic heterocycles. The molecule has 0 aromatic rings. The van der Waals surface area contributed by atoms with Gasteiger partial charge in [0.15, 0.2) is 0 Å². The molecule has 1 atom stereocenters. The zero-order valence-corrected chi connectivity index (χ0v) is 14.0. The first-order chi connectivity index (χ1) is 8.28. The maximum absolute atomic E-state index is 5.64. The zero-order valence-electron chi connectivity index (χ0n) is 13.0. The Morgan fingerprint density at radius 2 is 1.50 bits per heavy atom. The molecule has 0 aliphatic rings. The second-order valence-corrected chi connectivity index (χ2v) is 8.89. The highest BCUT2D eigenvalue weighted by Crippen LogP contribution is 2.25. The average Bonchev–Trinajstić information content (AvgIpc) is 2.28. The molecule has 0 rings (SSSR count). The van der Waals surface area contributed by atoms with E-state index in [-0.39, 0.29) is 0 Å². The molecule has 0 N–H and O–H groups in total. The molecule has 0 saturated carbocycles. The van der Waals surface area contributed by atoms with Gasteiger partial charge in [-0.1, -0.05) is 27.7 Å². The van der Waals surface area contributed by atoms with Crippen LogP contribution in [0.15, 0.2) is 0 Å². The highest BCUT2D eigenvalue weighted by atomic mass is 28.4. The van der Waals surface area contributed by atoms with E-state index < -0.39 is 8.80 Å². The van der Waals surface area contributed by atoms with Crippen molar-refractivity contribution in [1.29, 1.82) is 0 Å². The van der Waals surface area contributed by atoms with Gasteiger partial charge in [0.25, 0.3) is 0 Å². The van der Waals surface area contributed by atoms with Gasteiger partial charge in [-0.25, -0.2) is 0 Å². The molecule has 110 valence electrons. The molecule has 0 saturated heterocycles. The lowest BCUT2D eigenvalue weighted by Crippen LogP contribution is -2.48. The van der Waals surface area contributed by atoms with Crippen LogP contribution >= 0.6 is 0 Å². The van der Waals surface area contributed by atoms with Gasteiger partial charge in [-0.05, 0) is 24.2 Å². The number of hydrogen-bond donors (Lipinski definition) is 0. The first-order valence-electron chi connectivity index (χ1n) is 6.52. The van der Waals surface area contributed by atoms with Crippen LogP contribution in [0.2, 0.25) is 0 Å². The van der Waals surface area contributed by atoms with E-state index in [1.165, 1.54) is 6.42 Å². The summed E-state index contributed by atoms with van der Waals surface area (Å²) >= 11 is 0. The summed E-state index contributed by atoms with van der Waals surface area (Å²) in [6.07, 6.45) is 2.68. The van der Waals surface area contributed by atoms with Crippen molar-refractivity contribution >= 4 is 8.80 Å². The van der Waals surface area contributed by atoms with Crippen molar-refractivity contribution < 1.29 is 18.0 Å². The Morgan fingerprint density at radius 1 is 1.00 bits per heavy atom. The summed E-state index contributed by atoms with van der Waals surface area (Å²) in [4.78, 5) is 0. The quantitative estimate of drug-likeness (QED) is 0.480. The van der Waals surface area contributed by atoms with Crippen LogP contribution in [0.5, 0.6) is 0 Å². The Bertz CT molecular complexity index is 203. The molecule has 0 heterocycles. The molecule has 0 aliphatic heterocycles. The fourth-order valence-electron chi connectivity index (χ4n) is 2.06. The summed E-state index contributed by atoms with van der Waals surface area (Å²) in [6, 6.07) is 0. The van der Waals surface area contributed by atoms with E-state index in [1.807, 2.05) is 0 Å². The number of hydrogen-bond acceptors (Lipinski definition) is 4. The van der Waals surface area contributed by atoms with Crippen LogP contribution in [0, 0.1) is 11.3 Å². The van der Waals surface area contributed by atoms with Gasteiger partial charge in [-0.2, -0.15) is 0 Å². The van der Waals surface area contributed by atoms with Crippen LogP contribution in [-0.2, 0) is 18.0 Å². The molecule has 18 heavy (non-hydrogen) atoms. The third kappa shape index (κ3) is 7.48. The molecular formula is C13H30O4Si. The van der Waals surface area contributed by atoms with Crippen molar-refractivity contribution in [3.05, 3.63) is 0 Å². The third-order valence-electron chi connectivity index (χ3n) is 2.93. The topological polar surface area (TPSA) is 36.9 Å². The molecule has 1 unspecified atom stereocenters. The fraction of sp³-hybridized carbons (Fsp3) is 1.00. The van der Waals surface area contributed by atoms with Gasteiger partial charge in [0.1, 0.15) is 6.23 Å². The van der Waals surface area contributed by atoms with Gasteiger partial charge in [0.05, 0.1) is 0 Å². The smallest absolute Gasteiger partial charge is 0.377 e. The van der Waals surface area contributed by atoms with Crippen LogP contribution in [0.1, 0.15) is 40.5 Å². The lowest BCUT2D eigenvalue weighted by atomic mass is 9.84. The predicted octanol–water partition coefficient (Wildman–Crippen LogP) is 2.88. The second-order valence-electron chi connectivity index (χ2n) is 6.01. The van der Waals surface area contributed by atoms with E-state index in [9.17, 15) is 0 Å². The van der Waals surface area contributed by atoms with Crippen molar-refractivity contribution in [3.63, 3.8) is 0 Å². The zero-order chi connectivity index (χ0) is 14.2. The van der Waals surface area contributed by atoms with Gasteiger partial charge < -0.3 is 18.0 Å². The van der Waals surface area contributed by atoms with Crippen molar-refractivity contribution in [1.82, 2.24) is 0 Å². The largest absolute Gasteiger partial charge is 0.527 e. The Kier molecular flexibility index (Phi) is 8.30. The average molecular weight is 278 g/mol. The maximum atomic E-state index is 5.64. The minimum absolute atomic E-state index is 0.378. The summed E-state index contributed by atoms with van der Waals surface area (Å²) in [5, 5.41) is 0. The number of rotatable bonds is 9. The maximum Gasteiger partial charge on any atom is 0.527 e. The summed E-state index contributed by atoms with van der Waals surface area (Å²) in [6.45, 7) is 9.79. The van der Waals surface area contributed by atoms with Crippen molar-refractivity contribution in [2.24, 2.45) is 11.3 Å². The lowest BCUT2D eigenvalue weighted by molar-refractivity contribution is 0.0582. The van der Waals surface area contributed by atoms with E-state index >= 15 is 0 Å². The van der Waals surface area contributed by atoms with Crippen LogP contribution in [0.3, 0.4) is 0 Å². The van der Waals surface area contributed by atoms with Crippen molar-refractivity contribution in [2.75, 3.05) is 34.2 Å². The van der Waals surface area contributed by atoms with E-state index in [0.29, 0.717) is 17.6 Å². The standard InChI is InChI=1S/C13H30O4Si/c1-12(10-13(2,3)4)8-9-17-11-18(14-5,15-6)16-7/h12H,8-11H2,1-7H3. The van der Waals surface area contributed by atoms with Crippen molar-refractivity contribution in [2.45, 2.75) is 40.5 Å². The van der Waals surface area contributed by atoms with E-state index in [1.54, 1.807) is 21.3 Å². The second kappa shape index (κ2) is 8.27. The van der Waals surface area contributed by atoms with E-state index in [4.69, 9.17) is 18.0 Å². The van der Waals surface area contributed by atoms with Gasteiger partial charge >= 0.3 is 8.80 Å². The fourth-order valence-corrected chi connectivity index (χ4v) is 3.30. The normalized spacial score (nSPS) is 14.8. The summed E-state index contributed by atoms with van der Waals surface area (Å²) in [5.74, 6) is 0.661. The van der Waals surface area contributed by atoms with Crippen LogP contribution in [0.4, 0.5) is 0 Å². The first kappa shape index (κ1) is 18.1. The molecule has 4 nitrogen and oxygen atoms in total. The SMILES string of the molecule is CO[Si](COCCC(C)CC(C)(C)C)(OC)OC. The Labute approximate surface area is 113 Å². The molecule has 0 bridgehead atoms. The summed E-state index contributed by atoms with van der Waals surface area (Å²) in [7, 11) is 2.25. The van der Waals surface area contributed by atoms with Gasteiger partial charge in [-0.15, -0.1) is 0 Å². The molecule has 0 aromatic carbocycles. The highest BCUT2D eigenvalue weighted by molar-refractivity contribution is 6.60. The Hall–Kier alpha value is 0.0569. The number of ether oxygens (including phenoxy) is 1. The molecule has 0 radical (unpaired) electrons. The monoisotopic (exact) mass is 278 g/mol. The minimum Gasteiger partial charge on any atom is -0.377 e. The molecule has 0 aliphatic carbocycles. The minimum atomic E-state index is -2.56. The van der Waals surface area contributed by atoms with Gasteiger partial charge in [0, 0.05) is 27.9 Å². The molecule has 0 fully saturated rings. The van der Waals surface area contributed by atoms with Crippen LogP contribution in [0.25, 0.3) is 0 Å². The lowest BCUT2D eigenvalue weighted by Gasteiger charge is -2.25. The van der Waals surface area contributed by atoms with E-state index in [2.05, 4.69) is 27.7 Å². The third-order valence-corrected chi connectivity index (χ3v) is 5.35. The first-order valence-corrected chi connectivity index (χ1v) is 8.45. The molecular weight excluding hydrogens is 248 g/mol. The Balaban J connectivity index is 3.85. The van der Waals surface area contributed by atoms with Crippen LogP contribution < -0.4 is 0 Å². The molecule has 0 amide bonds. The predicted molar refractivity (Wildman–Crippen MR) is 75.5 cm³/mol. The summed E-state index contributed by atoms with van der Waals surface area (Å²) in [5.41, 5.74) is 0.378. The van der Waals surface area contributed by atoms with Gasteiger partial charge in [0.2, 0.25) is 0 Å². The van der Waals surface area contributed by atoms with Crippen molar-refractivity contribution in [3.8, 4) is 0 Å². The van der Waals surface area contributed by atoms with E-state index in [0.717, 1.165) is 13.0 Å². The van der Waals surface area contributed by atoms with Crippen LogP contribution in [-0.4, -0.2) is 43.0 Å². The highest BCUT2D eigenvalue weighted by Gasteiger charge is 2.38. The summed E-state index contributed by atoms with van der Waals surface area (Å²) < 4.78 is 21.5. The Morgan fingerprint density at radius 3 is 1.89 bits per heavy atom.